The zero-order valence-electron chi connectivity index (χ0n) is 15.1. The number of nitrogens with zero attached hydrogens (tertiary/aromatic N) is 3. The molecule has 1 aliphatic carbocycles. The summed E-state index contributed by atoms with van der Waals surface area (Å²) in [7, 11) is 0. The molecule has 1 aliphatic heterocycles. The molecule has 2 heterocycles. The van der Waals surface area contributed by atoms with Gasteiger partial charge in [0.15, 0.2) is 0 Å². The van der Waals surface area contributed by atoms with Crippen LogP contribution in [0.3, 0.4) is 0 Å². The SMILES string of the molecule is Cc1ccc(Cn2c(C3CC(=O)N(C4CC4)C3)nc3ccccc32)cc1. The summed E-state index contributed by atoms with van der Waals surface area (Å²) >= 11 is 0. The van der Waals surface area contributed by atoms with Gasteiger partial charge in [-0.1, -0.05) is 42.0 Å². The summed E-state index contributed by atoms with van der Waals surface area (Å²) in [6, 6.07) is 17.5. The zero-order valence-corrected chi connectivity index (χ0v) is 15.1. The second-order valence-electron chi connectivity index (χ2n) is 7.71. The van der Waals surface area contributed by atoms with E-state index in [0.717, 1.165) is 42.8 Å². The van der Waals surface area contributed by atoms with E-state index in [2.05, 4.69) is 58.9 Å². The van der Waals surface area contributed by atoms with E-state index in [1.165, 1.54) is 11.1 Å². The Kier molecular flexibility index (Phi) is 3.59. The Bertz CT molecular complexity index is 969. The second-order valence-corrected chi connectivity index (χ2v) is 7.71. The predicted octanol–water partition coefficient (Wildman–Crippen LogP) is 3.87. The van der Waals surface area contributed by atoms with Crippen LogP contribution in [-0.2, 0) is 11.3 Å². The number of carbonyl (C=O) groups excluding carboxylic acids is 1. The van der Waals surface area contributed by atoms with Gasteiger partial charge in [0.25, 0.3) is 0 Å². The first-order chi connectivity index (χ1) is 12.7. The highest BCUT2D eigenvalue weighted by Gasteiger charge is 2.41. The Morgan fingerprint density at radius 3 is 2.62 bits per heavy atom. The highest BCUT2D eigenvalue weighted by molar-refractivity contribution is 5.81. The van der Waals surface area contributed by atoms with Crippen molar-refractivity contribution in [2.75, 3.05) is 6.54 Å². The van der Waals surface area contributed by atoms with Crippen molar-refractivity contribution in [3.8, 4) is 0 Å². The molecule has 1 saturated carbocycles. The molecule has 1 atom stereocenters. The lowest BCUT2D eigenvalue weighted by molar-refractivity contribution is -0.128. The molecule has 0 radical (unpaired) electrons. The van der Waals surface area contributed by atoms with Crippen LogP contribution < -0.4 is 0 Å². The van der Waals surface area contributed by atoms with Crippen LogP contribution in [0.15, 0.2) is 48.5 Å². The molecule has 1 aromatic heterocycles. The van der Waals surface area contributed by atoms with Gasteiger partial charge in [-0.3, -0.25) is 4.79 Å². The Labute approximate surface area is 153 Å². The van der Waals surface area contributed by atoms with Gasteiger partial charge in [0.05, 0.1) is 11.0 Å². The van der Waals surface area contributed by atoms with Gasteiger partial charge in [0.1, 0.15) is 5.82 Å². The third-order valence-electron chi connectivity index (χ3n) is 5.66. The fraction of sp³-hybridized carbons (Fsp3) is 0.364. The van der Waals surface area contributed by atoms with Crippen LogP contribution in [0.4, 0.5) is 0 Å². The maximum atomic E-state index is 12.5. The number of imidazole rings is 1. The maximum Gasteiger partial charge on any atom is 0.223 e. The zero-order chi connectivity index (χ0) is 17.7. The van der Waals surface area contributed by atoms with Crippen LogP contribution in [0.1, 0.15) is 42.1 Å². The minimum atomic E-state index is 0.195. The lowest BCUT2D eigenvalue weighted by Crippen LogP contribution is -2.27. The number of aromatic nitrogens is 2. The lowest BCUT2D eigenvalue weighted by Gasteiger charge is -2.16. The molecule has 2 aromatic carbocycles. The Morgan fingerprint density at radius 2 is 1.85 bits per heavy atom. The monoisotopic (exact) mass is 345 g/mol. The second kappa shape index (κ2) is 5.97. The van der Waals surface area contributed by atoms with E-state index >= 15 is 0 Å². The average molecular weight is 345 g/mol. The molecule has 1 saturated heterocycles. The van der Waals surface area contributed by atoms with Crippen LogP contribution in [0.5, 0.6) is 0 Å². The molecule has 4 nitrogen and oxygen atoms in total. The number of aryl methyl sites for hydroxylation is 1. The van der Waals surface area contributed by atoms with Crippen LogP contribution >= 0.6 is 0 Å². The number of fused-ring (bicyclic) bond motifs is 1. The number of carbonyl (C=O) groups is 1. The fourth-order valence-corrected chi connectivity index (χ4v) is 4.09. The van der Waals surface area contributed by atoms with Gasteiger partial charge >= 0.3 is 0 Å². The molecular formula is C22H23N3O. The quantitative estimate of drug-likeness (QED) is 0.720. The van der Waals surface area contributed by atoms with Crippen molar-refractivity contribution in [3.63, 3.8) is 0 Å². The molecule has 5 rings (SSSR count). The van der Waals surface area contributed by atoms with E-state index in [0.29, 0.717) is 18.4 Å². The minimum absolute atomic E-state index is 0.195. The van der Waals surface area contributed by atoms with E-state index in [4.69, 9.17) is 4.98 Å². The molecule has 4 heteroatoms. The van der Waals surface area contributed by atoms with Crippen LogP contribution in [0, 0.1) is 6.92 Å². The summed E-state index contributed by atoms with van der Waals surface area (Å²) in [5.41, 5.74) is 4.71. The molecule has 26 heavy (non-hydrogen) atoms. The topological polar surface area (TPSA) is 38.1 Å². The van der Waals surface area contributed by atoms with E-state index < -0.39 is 0 Å². The molecule has 1 unspecified atom stereocenters. The standard InChI is InChI=1S/C22H23N3O/c1-15-6-8-16(9-7-15)13-25-20-5-3-2-4-19(20)23-22(25)17-12-21(26)24(14-17)18-10-11-18/h2-9,17-18H,10-14H2,1H3. The summed E-state index contributed by atoms with van der Waals surface area (Å²) < 4.78 is 2.31. The lowest BCUT2D eigenvalue weighted by atomic mass is 10.1. The molecule has 2 fully saturated rings. The average Bonchev–Trinajstić information content (AvgIpc) is 3.33. The predicted molar refractivity (Wildman–Crippen MR) is 102 cm³/mol. The summed E-state index contributed by atoms with van der Waals surface area (Å²) in [6.45, 7) is 3.73. The van der Waals surface area contributed by atoms with Crippen molar-refractivity contribution in [2.24, 2.45) is 0 Å². The third kappa shape index (κ3) is 2.70. The van der Waals surface area contributed by atoms with Crippen molar-refractivity contribution in [3.05, 3.63) is 65.5 Å². The summed E-state index contributed by atoms with van der Waals surface area (Å²) in [4.78, 5) is 19.5. The van der Waals surface area contributed by atoms with E-state index in [1.54, 1.807) is 0 Å². The molecule has 0 bridgehead atoms. The smallest absolute Gasteiger partial charge is 0.223 e. The van der Waals surface area contributed by atoms with Gasteiger partial charge in [0, 0.05) is 31.5 Å². The molecule has 0 spiro atoms. The number of likely N-dealkylation sites (tertiary alicyclic amines) is 1. The Morgan fingerprint density at radius 1 is 1.08 bits per heavy atom. The molecule has 1 amide bonds. The number of para-hydroxylation sites is 2. The highest BCUT2D eigenvalue weighted by Crippen LogP contribution is 2.37. The first-order valence-electron chi connectivity index (χ1n) is 9.49. The number of rotatable bonds is 4. The van der Waals surface area contributed by atoms with Gasteiger partial charge in [-0.05, 0) is 37.5 Å². The number of hydrogen-bond donors (Lipinski definition) is 0. The van der Waals surface area contributed by atoms with Gasteiger partial charge in [-0.25, -0.2) is 4.98 Å². The van der Waals surface area contributed by atoms with E-state index in [-0.39, 0.29) is 5.92 Å². The van der Waals surface area contributed by atoms with Crippen molar-refractivity contribution in [1.82, 2.24) is 14.5 Å². The maximum absolute atomic E-state index is 12.5. The van der Waals surface area contributed by atoms with Crippen molar-refractivity contribution < 1.29 is 4.79 Å². The van der Waals surface area contributed by atoms with Gasteiger partial charge in [0.2, 0.25) is 5.91 Å². The summed E-state index contributed by atoms with van der Waals surface area (Å²) in [5, 5.41) is 0. The molecule has 132 valence electrons. The number of hydrogen-bond acceptors (Lipinski definition) is 2. The van der Waals surface area contributed by atoms with Gasteiger partial charge < -0.3 is 9.47 Å². The molecular weight excluding hydrogens is 322 g/mol. The Hall–Kier alpha value is -2.62. The minimum Gasteiger partial charge on any atom is -0.339 e. The number of amides is 1. The normalized spacial score (nSPS) is 20.3. The van der Waals surface area contributed by atoms with Crippen LogP contribution in [0.2, 0.25) is 0 Å². The highest BCUT2D eigenvalue weighted by atomic mass is 16.2. The molecule has 3 aromatic rings. The summed E-state index contributed by atoms with van der Waals surface area (Å²) in [6.07, 6.45) is 2.92. The van der Waals surface area contributed by atoms with Gasteiger partial charge in [-0.2, -0.15) is 0 Å². The van der Waals surface area contributed by atoms with Crippen molar-refractivity contribution in [1.29, 1.82) is 0 Å². The fourth-order valence-electron chi connectivity index (χ4n) is 4.09. The largest absolute Gasteiger partial charge is 0.339 e. The third-order valence-corrected chi connectivity index (χ3v) is 5.66. The number of benzene rings is 2. The first kappa shape index (κ1) is 15.6. The first-order valence-corrected chi connectivity index (χ1v) is 9.49. The van der Waals surface area contributed by atoms with E-state index in [9.17, 15) is 4.79 Å². The summed E-state index contributed by atoms with van der Waals surface area (Å²) in [5.74, 6) is 1.55. The van der Waals surface area contributed by atoms with Crippen LogP contribution in [-0.4, -0.2) is 32.9 Å². The molecule has 2 aliphatic rings. The molecule has 0 N–H and O–H groups in total. The van der Waals surface area contributed by atoms with Crippen LogP contribution in [0.25, 0.3) is 11.0 Å². The Balaban J connectivity index is 1.54. The van der Waals surface area contributed by atoms with Crippen molar-refractivity contribution in [2.45, 2.75) is 44.7 Å². The van der Waals surface area contributed by atoms with Crippen molar-refractivity contribution >= 4 is 16.9 Å². The van der Waals surface area contributed by atoms with E-state index in [1.807, 2.05) is 6.07 Å². The van der Waals surface area contributed by atoms with Gasteiger partial charge in [-0.15, -0.1) is 0 Å².